The Kier molecular flexibility index (Phi) is 2.56. The topological polar surface area (TPSA) is 78.4 Å². The van der Waals surface area contributed by atoms with Crippen LogP contribution in [-0.4, -0.2) is 29.2 Å². The molecule has 0 radical (unpaired) electrons. The SMILES string of the molecule is CC1(NC(=O)NCC2(C(=O)O)CCC2)CC1. The molecule has 16 heavy (non-hydrogen) atoms. The van der Waals surface area contributed by atoms with Crippen LogP contribution in [-0.2, 0) is 4.79 Å². The summed E-state index contributed by atoms with van der Waals surface area (Å²) in [5, 5.41) is 14.6. The average Bonchev–Trinajstić information content (AvgIpc) is 2.80. The monoisotopic (exact) mass is 226 g/mol. The molecule has 0 spiro atoms. The van der Waals surface area contributed by atoms with E-state index in [1.165, 1.54) is 0 Å². The number of rotatable bonds is 4. The van der Waals surface area contributed by atoms with Crippen molar-refractivity contribution < 1.29 is 14.7 Å². The molecule has 0 aromatic rings. The van der Waals surface area contributed by atoms with E-state index >= 15 is 0 Å². The first kappa shape index (κ1) is 11.2. The van der Waals surface area contributed by atoms with E-state index in [0.29, 0.717) is 12.8 Å². The van der Waals surface area contributed by atoms with Crippen molar-refractivity contribution in [2.75, 3.05) is 6.54 Å². The summed E-state index contributed by atoms with van der Waals surface area (Å²) in [6.07, 6.45) is 4.28. The Balaban J connectivity index is 1.77. The quantitative estimate of drug-likeness (QED) is 0.671. The molecular weight excluding hydrogens is 208 g/mol. The fraction of sp³-hybridized carbons (Fsp3) is 0.818. The van der Waals surface area contributed by atoms with E-state index in [-0.39, 0.29) is 18.1 Å². The van der Waals surface area contributed by atoms with Gasteiger partial charge >= 0.3 is 12.0 Å². The van der Waals surface area contributed by atoms with Crippen molar-refractivity contribution in [1.82, 2.24) is 10.6 Å². The molecule has 90 valence electrons. The number of aliphatic carboxylic acids is 1. The van der Waals surface area contributed by atoms with Crippen molar-refractivity contribution in [2.24, 2.45) is 5.41 Å². The van der Waals surface area contributed by atoms with Crippen LogP contribution in [0.4, 0.5) is 4.79 Å². The number of nitrogens with one attached hydrogen (secondary N) is 2. The van der Waals surface area contributed by atoms with Crippen LogP contribution in [0.3, 0.4) is 0 Å². The van der Waals surface area contributed by atoms with Crippen molar-refractivity contribution in [3.05, 3.63) is 0 Å². The molecule has 0 saturated heterocycles. The molecule has 0 aromatic carbocycles. The summed E-state index contributed by atoms with van der Waals surface area (Å²) >= 11 is 0. The number of carbonyl (C=O) groups excluding carboxylic acids is 1. The standard InChI is InChI=1S/C11H18N2O3/c1-10(5-6-10)13-9(16)12-7-11(8(14)15)3-2-4-11/h2-7H2,1H3,(H,14,15)(H2,12,13,16). The van der Waals surface area contributed by atoms with Gasteiger partial charge in [-0.25, -0.2) is 4.79 Å². The van der Waals surface area contributed by atoms with Gasteiger partial charge in [0.05, 0.1) is 5.41 Å². The summed E-state index contributed by atoms with van der Waals surface area (Å²) in [5.41, 5.74) is -0.762. The summed E-state index contributed by atoms with van der Waals surface area (Å²) < 4.78 is 0. The van der Waals surface area contributed by atoms with Gasteiger partial charge in [-0.3, -0.25) is 4.79 Å². The van der Waals surface area contributed by atoms with Gasteiger partial charge in [-0.1, -0.05) is 6.42 Å². The van der Waals surface area contributed by atoms with Crippen LogP contribution in [0.5, 0.6) is 0 Å². The van der Waals surface area contributed by atoms with Crippen molar-refractivity contribution in [3.63, 3.8) is 0 Å². The van der Waals surface area contributed by atoms with Crippen molar-refractivity contribution in [3.8, 4) is 0 Å². The Bertz CT molecular complexity index is 319. The Labute approximate surface area is 94.6 Å². The summed E-state index contributed by atoms with van der Waals surface area (Å²) in [6.45, 7) is 2.23. The number of hydrogen-bond donors (Lipinski definition) is 3. The molecule has 2 amide bonds. The van der Waals surface area contributed by atoms with Crippen LogP contribution in [0.15, 0.2) is 0 Å². The summed E-state index contributed by atoms with van der Waals surface area (Å²) in [6, 6.07) is -0.243. The molecule has 0 aromatic heterocycles. The molecule has 2 saturated carbocycles. The lowest BCUT2D eigenvalue weighted by atomic mass is 9.69. The molecule has 3 N–H and O–H groups in total. The van der Waals surface area contributed by atoms with E-state index in [2.05, 4.69) is 10.6 Å². The van der Waals surface area contributed by atoms with Gasteiger partial charge in [-0.15, -0.1) is 0 Å². The number of carbonyl (C=O) groups is 2. The predicted octanol–water partition coefficient (Wildman–Crippen LogP) is 1.09. The van der Waals surface area contributed by atoms with Gasteiger partial charge < -0.3 is 15.7 Å². The molecule has 0 heterocycles. The van der Waals surface area contributed by atoms with E-state index in [1.54, 1.807) is 0 Å². The highest BCUT2D eigenvalue weighted by molar-refractivity contribution is 5.79. The van der Waals surface area contributed by atoms with Crippen LogP contribution in [0, 0.1) is 5.41 Å². The van der Waals surface area contributed by atoms with Crippen molar-refractivity contribution in [2.45, 2.75) is 44.6 Å². The van der Waals surface area contributed by atoms with Gasteiger partial charge in [0.15, 0.2) is 0 Å². The third-order valence-electron chi connectivity index (χ3n) is 3.77. The minimum Gasteiger partial charge on any atom is -0.481 e. The zero-order chi connectivity index (χ0) is 11.8. The number of carboxylic acids is 1. The van der Waals surface area contributed by atoms with Crippen LogP contribution in [0.2, 0.25) is 0 Å². The lowest BCUT2D eigenvalue weighted by Gasteiger charge is -2.37. The fourth-order valence-electron chi connectivity index (χ4n) is 1.95. The molecule has 2 aliphatic rings. The van der Waals surface area contributed by atoms with Gasteiger partial charge in [0.25, 0.3) is 0 Å². The molecule has 5 heteroatoms. The lowest BCUT2D eigenvalue weighted by Crippen LogP contribution is -2.51. The molecule has 0 aliphatic heterocycles. The van der Waals surface area contributed by atoms with Crippen LogP contribution in [0.25, 0.3) is 0 Å². The van der Waals surface area contributed by atoms with E-state index in [4.69, 9.17) is 5.11 Å². The zero-order valence-corrected chi connectivity index (χ0v) is 9.51. The fourth-order valence-corrected chi connectivity index (χ4v) is 1.95. The molecule has 0 bridgehead atoms. The number of amides is 2. The van der Waals surface area contributed by atoms with Crippen LogP contribution >= 0.6 is 0 Å². The van der Waals surface area contributed by atoms with Gasteiger partial charge in [-0.2, -0.15) is 0 Å². The van der Waals surface area contributed by atoms with Gasteiger partial charge in [0, 0.05) is 12.1 Å². The number of urea groups is 1. The average molecular weight is 226 g/mol. The third kappa shape index (κ3) is 2.13. The van der Waals surface area contributed by atoms with E-state index in [9.17, 15) is 9.59 Å². The molecule has 2 aliphatic carbocycles. The van der Waals surface area contributed by atoms with Gasteiger partial charge in [0.2, 0.25) is 0 Å². The smallest absolute Gasteiger partial charge is 0.315 e. The maximum Gasteiger partial charge on any atom is 0.315 e. The zero-order valence-electron chi connectivity index (χ0n) is 9.51. The van der Waals surface area contributed by atoms with E-state index in [1.807, 2.05) is 6.92 Å². The normalized spacial score (nSPS) is 24.1. The molecular formula is C11H18N2O3. The van der Waals surface area contributed by atoms with E-state index in [0.717, 1.165) is 19.3 Å². The Morgan fingerprint density at radius 1 is 1.25 bits per heavy atom. The second-order valence-electron chi connectivity index (χ2n) is 5.31. The molecule has 2 rings (SSSR count). The first-order valence-electron chi connectivity index (χ1n) is 5.75. The minimum atomic E-state index is -0.795. The first-order chi connectivity index (χ1) is 7.46. The number of hydrogen-bond acceptors (Lipinski definition) is 2. The molecule has 0 unspecified atom stereocenters. The molecule has 0 atom stereocenters. The first-order valence-corrected chi connectivity index (χ1v) is 5.75. The van der Waals surface area contributed by atoms with Gasteiger partial charge in [-0.05, 0) is 32.6 Å². The highest BCUT2D eigenvalue weighted by Gasteiger charge is 2.45. The second kappa shape index (κ2) is 3.64. The predicted molar refractivity (Wildman–Crippen MR) is 58.1 cm³/mol. The Morgan fingerprint density at radius 2 is 1.88 bits per heavy atom. The molecule has 2 fully saturated rings. The lowest BCUT2D eigenvalue weighted by molar-refractivity contribution is -0.153. The van der Waals surface area contributed by atoms with Crippen LogP contribution in [0.1, 0.15) is 39.0 Å². The highest BCUT2D eigenvalue weighted by Crippen LogP contribution is 2.40. The van der Waals surface area contributed by atoms with Gasteiger partial charge in [0.1, 0.15) is 0 Å². The molecule has 5 nitrogen and oxygen atoms in total. The maximum absolute atomic E-state index is 11.5. The number of carboxylic acid groups (broad SMARTS) is 1. The van der Waals surface area contributed by atoms with E-state index < -0.39 is 11.4 Å². The Morgan fingerprint density at radius 3 is 2.25 bits per heavy atom. The van der Waals surface area contributed by atoms with Crippen molar-refractivity contribution in [1.29, 1.82) is 0 Å². The summed E-state index contributed by atoms with van der Waals surface area (Å²) in [4.78, 5) is 22.5. The second-order valence-corrected chi connectivity index (χ2v) is 5.31. The Hall–Kier alpha value is -1.26. The summed E-state index contributed by atoms with van der Waals surface area (Å²) in [7, 11) is 0. The highest BCUT2D eigenvalue weighted by atomic mass is 16.4. The minimum absolute atomic E-state index is 0.0555. The third-order valence-corrected chi connectivity index (χ3v) is 3.77. The van der Waals surface area contributed by atoms with Crippen LogP contribution < -0.4 is 10.6 Å². The maximum atomic E-state index is 11.5. The summed E-state index contributed by atoms with van der Waals surface area (Å²) in [5.74, 6) is -0.795. The van der Waals surface area contributed by atoms with Crippen molar-refractivity contribution >= 4 is 12.0 Å². The largest absolute Gasteiger partial charge is 0.481 e.